The van der Waals surface area contributed by atoms with Crippen molar-refractivity contribution in [3.8, 4) is 0 Å². The molecule has 98 valence electrons. The van der Waals surface area contributed by atoms with Crippen molar-refractivity contribution in [2.45, 2.75) is 38.0 Å². The normalized spacial score (nSPS) is 28.1. The van der Waals surface area contributed by atoms with Crippen LogP contribution in [0.1, 0.15) is 31.4 Å². The molecular formula is C12H13F2NO3. The van der Waals surface area contributed by atoms with E-state index in [1.54, 1.807) is 6.92 Å². The Labute approximate surface area is 103 Å². The molecule has 6 heteroatoms. The van der Waals surface area contributed by atoms with Crippen molar-refractivity contribution in [1.82, 2.24) is 0 Å². The third-order valence-corrected chi connectivity index (χ3v) is 3.13. The van der Waals surface area contributed by atoms with Gasteiger partial charge >= 0.3 is 0 Å². The molecule has 1 aromatic rings. The van der Waals surface area contributed by atoms with E-state index in [4.69, 9.17) is 4.74 Å². The Morgan fingerprint density at radius 1 is 1.39 bits per heavy atom. The average Bonchev–Trinajstić information content (AvgIpc) is 2.31. The van der Waals surface area contributed by atoms with Gasteiger partial charge in [0.05, 0.1) is 6.10 Å². The molecule has 1 aliphatic rings. The van der Waals surface area contributed by atoms with E-state index < -0.39 is 28.7 Å². The minimum absolute atomic E-state index is 0.0803. The fourth-order valence-electron chi connectivity index (χ4n) is 2.20. The second kappa shape index (κ2) is 4.97. The number of halogens is 2. The lowest BCUT2D eigenvalue weighted by molar-refractivity contribution is -0.544. The molecule has 0 bridgehead atoms. The fraction of sp³-hybridized carbons (Fsp3) is 0.500. The Bertz CT molecular complexity index is 467. The molecule has 1 saturated heterocycles. The summed E-state index contributed by atoms with van der Waals surface area (Å²) in [6, 6.07) is 1.88. The first-order valence-corrected chi connectivity index (χ1v) is 5.73. The first-order chi connectivity index (χ1) is 8.49. The fourth-order valence-corrected chi connectivity index (χ4v) is 2.20. The molecule has 18 heavy (non-hydrogen) atoms. The van der Waals surface area contributed by atoms with Crippen LogP contribution in [0.25, 0.3) is 0 Å². The monoisotopic (exact) mass is 257 g/mol. The van der Waals surface area contributed by atoms with Crippen molar-refractivity contribution in [2.24, 2.45) is 0 Å². The minimum atomic E-state index is -1.03. The summed E-state index contributed by atoms with van der Waals surface area (Å²) >= 11 is 0. The van der Waals surface area contributed by atoms with Crippen LogP contribution in [0, 0.1) is 21.7 Å². The second-order valence-electron chi connectivity index (χ2n) is 4.46. The average molecular weight is 257 g/mol. The van der Waals surface area contributed by atoms with Gasteiger partial charge in [0.25, 0.3) is 0 Å². The van der Waals surface area contributed by atoms with Crippen molar-refractivity contribution in [3.05, 3.63) is 45.5 Å². The van der Waals surface area contributed by atoms with Crippen molar-refractivity contribution in [1.29, 1.82) is 0 Å². The van der Waals surface area contributed by atoms with Crippen LogP contribution in [0.15, 0.2) is 18.2 Å². The summed E-state index contributed by atoms with van der Waals surface area (Å²) in [5.41, 5.74) is -0.0803. The van der Waals surface area contributed by atoms with Crippen LogP contribution in [0.5, 0.6) is 0 Å². The Hall–Kier alpha value is -1.56. The van der Waals surface area contributed by atoms with Crippen LogP contribution in [0.4, 0.5) is 8.78 Å². The zero-order valence-corrected chi connectivity index (χ0v) is 9.81. The van der Waals surface area contributed by atoms with Crippen molar-refractivity contribution in [2.75, 3.05) is 0 Å². The highest BCUT2D eigenvalue weighted by atomic mass is 19.1. The van der Waals surface area contributed by atoms with E-state index in [0.717, 1.165) is 18.2 Å². The van der Waals surface area contributed by atoms with Crippen LogP contribution in [0.2, 0.25) is 0 Å². The summed E-state index contributed by atoms with van der Waals surface area (Å²) in [6.45, 7) is 1.76. The number of ether oxygens (including phenoxy) is 1. The molecule has 1 heterocycles. The molecule has 0 radical (unpaired) electrons. The lowest BCUT2D eigenvalue weighted by Gasteiger charge is -2.30. The zero-order chi connectivity index (χ0) is 13.3. The Balaban J connectivity index is 2.37. The van der Waals surface area contributed by atoms with Gasteiger partial charge in [0.1, 0.15) is 11.6 Å². The van der Waals surface area contributed by atoms with Gasteiger partial charge in [0, 0.05) is 16.9 Å². The van der Waals surface area contributed by atoms with Crippen molar-refractivity contribution >= 4 is 0 Å². The van der Waals surface area contributed by atoms with E-state index in [1.165, 1.54) is 0 Å². The van der Waals surface area contributed by atoms with Crippen molar-refractivity contribution < 1.29 is 18.4 Å². The van der Waals surface area contributed by atoms with Gasteiger partial charge in [-0.25, -0.2) is 8.78 Å². The van der Waals surface area contributed by atoms with Crippen LogP contribution in [0.3, 0.4) is 0 Å². The molecule has 2 rings (SSSR count). The molecule has 1 aromatic carbocycles. The van der Waals surface area contributed by atoms with Crippen LogP contribution < -0.4 is 0 Å². The number of rotatable bonds is 2. The molecule has 3 atom stereocenters. The summed E-state index contributed by atoms with van der Waals surface area (Å²) in [6.07, 6.45) is -0.387. The summed E-state index contributed by atoms with van der Waals surface area (Å²) in [5, 5.41) is 11.0. The standard InChI is InChI=1S/C12H13F2NO3/c1-7-2-5-11(15(16)17)12(18-7)9-6-8(13)3-4-10(9)14/h3-4,6-7,11-12H,2,5H2,1H3/t7?,11?,12-/m1/s1. The summed E-state index contributed by atoms with van der Waals surface area (Å²) in [4.78, 5) is 10.5. The van der Waals surface area contributed by atoms with E-state index in [9.17, 15) is 18.9 Å². The predicted octanol–water partition coefficient (Wildman–Crippen LogP) is 2.85. The maximum atomic E-state index is 13.6. The summed E-state index contributed by atoms with van der Waals surface area (Å²) in [7, 11) is 0. The second-order valence-corrected chi connectivity index (χ2v) is 4.46. The highest BCUT2D eigenvalue weighted by Crippen LogP contribution is 2.34. The summed E-state index contributed by atoms with van der Waals surface area (Å²) < 4.78 is 32.2. The maximum Gasteiger partial charge on any atom is 0.243 e. The number of hydrogen-bond donors (Lipinski definition) is 0. The lowest BCUT2D eigenvalue weighted by Crippen LogP contribution is -2.37. The molecule has 0 aromatic heterocycles. The molecule has 1 fully saturated rings. The number of benzene rings is 1. The van der Waals surface area contributed by atoms with Gasteiger partial charge in [-0.05, 0) is 31.5 Å². The molecule has 0 amide bonds. The minimum Gasteiger partial charge on any atom is -0.363 e. The van der Waals surface area contributed by atoms with Gasteiger partial charge in [-0.15, -0.1) is 0 Å². The zero-order valence-electron chi connectivity index (χ0n) is 9.81. The first kappa shape index (κ1) is 12.9. The van der Waals surface area contributed by atoms with E-state index in [2.05, 4.69) is 0 Å². The topological polar surface area (TPSA) is 52.4 Å². The molecule has 0 spiro atoms. The third-order valence-electron chi connectivity index (χ3n) is 3.13. The van der Waals surface area contributed by atoms with Gasteiger partial charge in [0.2, 0.25) is 6.04 Å². The van der Waals surface area contributed by atoms with Crippen molar-refractivity contribution in [3.63, 3.8) is 0 Å². The highest BCUT2D eigenvalue weighted by Gasteiger charge is 2.40. The van der Waals surface area contributed by atoms with Gasteiger partial charge in [-0.1, -0.05) is 0 Å². The molecule has 0 N–H and O–H groups in total. The van der Waals surface area contributed by atoms with E-state index in [-0.39, 0.29) is 11.7 Å². The molecule has 0 saturated carbocycles. The SMILES string of the molecule is CC1CCC([N+](=O)[O-])[C@@H](c2cc(F)ccc2F)O1. The predicted molar refractivity (Wildman–Crippen MR) is 59.7 cm³/mol. The van der Waals surface area contributed by atoms with Gasteiger partial charge in [0.15, 0.2) is 6.10 Å². The van der Waals surface area contributed by atoms with Gasteiger partial charge < -0.3 is 4.74 Å². The Kier molecular flexibility index (Phi) is 3.56. The smallest absolute Gasteiger partial charge is 0.243 e. The maximum absolute atomic E-state index is 13.6. The molecule has 1 aliphatic heterocycles. The van der Waals surface area contributed by atoms with E-state index in [0.29, 0.717) is 12.8 Å². The number of nitro groups is 1. The quantitative estimate of drug-likeness (QED) is 0.604. The lowest BCUT2D eigenvalue weighted by atomic mass is 9.94. The molecular weight excluding hydrogens is 244 g/mol. The Morgan fingerprint density at radius 3 is 2.78 bits per heavy atom. The van der Waals surface area contributed by atoms with E-state index >= 15 is 0 Å². The largest absolute Gasteiger partial charge is 0.363 e. The van der Waals surface area contributed by atoms with E-state index in [1.807, 2.05) is 0 Å². The molecule has 2 unspecified atom stereocenters. The third kappa shape index (κ3) is 2.48. The van der Waals surface area contributed by atoms with Gasteiger partial charge in [-0.2, -0.15) is 0 Å². The highest BCUT2D eigenvalue weighted by molar-refractivity contribution is 5.22. The van der Waals surface area contributed by atoms with Crippen LogP contribution in [-0.2, 0) is 4.74 Å². The van der Waals surface area contributed by atoms with Crippen LogP contribution >= 0.6 is 0 Å². The summed E-state index contributed by atoms with van der Waals surface area (Å²) in [5.74, 6) is -1.31. The number of nitrogens with zero attached hydrogens (tertiary/aromatic N) is 1. The molecule has 4 nitrogen and oxygen atoms in total. The van der Waals surface area contributed by atoms with Crippen LogP contribution in [-0.4, -0.2) is 17.1 Å². The Morgan fingerprint density at radius 2 is 2.11 bits per heavy atom. The number of hydrogen-bond acceptors (Lipinski definition) is 3. The molecule has 0 aliphatic carbocycles. The van der Waals surface area contributed by atoms with Gasteiger partial charge in [-0.3, -0.25) is 10.1 Å². The first-order valence-electron chi connectivity index (χ1n) is 5.73.